The summed E-state index contributed by atoms with van der Waals surface area (Å²) in [5, 5.41) is 0. The third-order valence-corrected chi connectivity index (χ3v) is 3.72. The first kappa shape index (κ1) is 18.8. The molecule has 1 aliphatic heterocycles. The van der Waals surface area contributed by atoms with E-state index >= 15 is 0 Å². The molecule has 1 heterocycles. The van der Waals surface area contributed by atoms with Crippen LogP contribution in [0.2, 0.25) is 0 Å². The number of carbonyl (C=O) groups is 1. The van der Waals surface area contributed by atoms with E-state index in [0.29, 0.717) is 26.2 Å². The summed E-state index contributed by atoms with van der Waals surface area (Å²) in [7, 11) is -3.79. The van der Waals surface area contributed by atoms with Gasteiger partial charge in [-0.05, 0) is 19.9 Å². The molecule has 0 N–H and O–H groups in total. The van der Waals surface area contributed by atoms with E-state index in [2.05, 4.69) is 15.7 Å². The summed E-state index contributed by atoms with van der Waals surface area (Å²) in [4.78, 5) is 13.2. The quantitative estimate of drug-likeness (QED) is 0.391. The third kappa shape index (κ3) is 7.88. The van der Waals surface area contributed by atoms with E-state index < -0.39 is 16.1 Å². The zero-order valence-electron chi connectivity index (χ0n) is 13.3. The molecule has 0 aromatic rings. The van der Waals surface area contributed by atoms with Gasteiger partial charge < -0.3 is 11.8 Å². The SMILES string of the molecule is C=C(C)C(=O)OS(=O)(=O)CCCN1CCOCC1.[H-].[H-].[Mg+2]. The zero-order chi connectivity index (χ0) is 13.6. The molecule has 1 aliphatic rings. The van der Waals surface area contributed by atoms with Gasteiger partial charge in [-0.1, -0.05) is 6.58 Å². The van der Waals surface area contributed by atoms with Crippen molar-refractivity contribution >= 4 is 39.1 Å². The molecule has 8 heteroatoms. The Morgan fingerprint density at radius 3 is 2.53 bits per heavy atom. The maximum atomic E-state index is 11.5. The molecule has 0 aromatic carbocycles. The molecule has 0 aromatic heterocycles. The van der Waals surface area contributed by atoms with Gasteiger partial charge in [-0.25, -0.2) is 4.79 Å². The van der Waals surface area contributed by atoms with E-state index in [0.717, 1.165) is 13.1 Å². The fraction of sp³-hybridized carbons (Fsp3) is 0.727. The molecule has 108 valence electrons. The molecule has 1 fully saturated rings. The number of ether oxygens (including phenoxy) is 1. The average molecular weight is 304 g/mol. The average Bonchev–Trinajstić information content (AvgIpc) is 2.29. The second-order valence-electron chi connectivity index (χ2n) is 4.22. The third-order valence-electron chi connectivity index (χ3n) is 2.52. The normalized spacial score (nSPS) is 16.5. The maximum absolute atomic E-state index is 11.5. The smallest absolute Gasteiger partial charge is 1.00 e. The summed E-state index contributed by atoms with van der Waals surface area (Å²) in [5.74, 6) is -1.05. The Morgan fingerprint density at radius 2 is 2.00 bits per heavy atom. The molecule has 0 spiro atoms. The summed E-state index contributed by atoms with van der Waals surface area (Å²) in [5.41, 5.74) is 0.0757. The maximum Gasteiger partial charge on any atom is 2.00 e. The van der Waals surface area contributed by atoms with Crippen LogP contribution in [0.5, 0.6) is 0 Å². The first-order valence-electron chi connectivity index (χ1n) is 5.83. The summed E-state index contributed by atoms with van der Waals surface area (Å²) in [6, 6.07) is 0. The first-order valence-corrected chi connectivity index (χ1v) is 7.40. The molecule has 0 atom stereocenters. The van der Waals surface area contributed by atoms with Crippen molar-refractivity contribution in [3.05, 3.63) is 12.2 Å². The Kier molecular flexibility index (Phi) is 8.83. The van der Waals surface area contributed by atoms with Crippen molar-refractivity contribution in [3.8, 4) is 0 Å². The van der Waals surface area contributed by atoms with Gasteiger partial charge in [0, 0.05) is 18.7 Å². The van der Waals surface area contributed by atoms with Crippen LogP contribution in [0.1, 0.15) is 16.2 Å². The van der Waals surface area contributed by atoms with E-state index in [1.807, 2.05) is 0 Å². The number of hydrogen-bond donors (Lipinski definition) is 0. The fourth-order valence-corrected chi connectivity index (χ4v) is 2.46. The van der Waals surface area contributed by atoms with Crippen LogP contribution in [-0.2, 0) is 23.8 Å². The van der Waals surface area contributed by atoms with Gasteiger partial charge in [-0.2, -0.15) is 8.42 Å². The standard InChI is InChI=1S/C11H19NO5S.Mg.2H/c1-10(2)11(13)17-18(14,15)9-3-4-12-5-7-16-8-6-12;;;/h1,3-9H2,2H3;;;/q;+2;2*-1. The van der Waals surface area contributed by atoms with Crippen LogP contribution >= 0.6 is 0 Å². The minimum atomic E-state index is -3.79. The van der Waals surface area contributed by atoms with Crippen LogP contribution in [0.4, 0.5) is 0 Å². The van der Waals surface area contributed by atoms with E-state index in [4.69, 9.17) is 4.74 Å². The predicted octanol–water partition coefficient (Wildman–Crippen LogP) is 0.00200. The van der Waals surface area contributed by atoms with E-state index in [9.17, 15) is 13.2 Å². The molecule has 0 radical (unpaired) electrons. The van der Waals surface area contributed by atoms with Crippen molar-refractivity contribution in [1.82, 2.24) is 4.90 Å². The predicted molar refractivity (Wildman–Crippen MR) is 74.5 cm³/mol. The molecular weight excluding hydrogens is 282 g/mol. The number of carbonyl (C=O) groups excluding carboxylic acids is 1. The van der Waals surface area contributed by atoms with Gasteiger partial charge in [0.15, 0.2) is 0 Å². The topological polar surface area (TPSA) is 72.9 Å². The van der Waals surface area contributed by atoms with Crippen LogP contribution in [-0.4, -0.2) is 80.9 Å². The van der Waals surface area contributed by atoms with Crippen LogP contribution in [0, 0.1) is 0 Å². The molecule has 0 aliphatic carbocycles. The largest absolute Gasteiger partial charge is 2.00 e. The van der Waals surface area contributed by atoms with Crippen molar-refractivity contribution in [2.75, 3.05) is 38.6 Å². The molecule has 0 bridgehead atoms. The molecular formula is C11H21MgNO5S. The molecule has 0 amide bonds. The van der Waals surface area contributed by atoms with E-state index in [-0.39, 0.29) is 37.2 Å². The van der Waals surface area contributed by atoms with Crippen molar-refractivity contribution in [3.63, 3.8) is 0 Å². The Balaban J connectivity index is -0.00000108. The Labute approximate surface area is 133 Å². The molecule has 0 saturated carbocycles. The second-order valence-corrected chi connectivity index (χ2v) is 5.91. The number of hydrogen-bond acceptors (Lipinski definition) is 6. The van der Waals surface area contributed by atoms with Crippen LogP contribution in [0.15, 0.2) is 12.2 Å². The summed E-state index contributed by atoms with van der Waals surface area (Å²) in [6.07, 6.45) is 0.436. The van der Waals surface area contributed by atoms with E-state index in [1.54, 1.807) is 0 Å². The fourth-order valence-electron chi connectivity index (χ4n) is 1.52. The Morgan fingerprint density at radius 1 is 1.42 bits per heavy atom. The van der Waals surface area contributed by atoms with Gasteiger partial charge in [0.2, 0.25) is 0 Å². The van der Waals surface area contributed by atoms with Gasteiger partial charge in [0.25, 0.3) is 0 Å². The van der Waals surface area contributed by atoms with E-state index in [1.165, 1.54) is 6.92 Å². The van der Waals surface area contributed by atoms with Crippen molar-refractivity contribution < 1.29 is 25.0 Å². The summed E-state index contributed by atoms with van der Waals surface area (Å²) >= 11 is 0. The molecule has 6 nitrogen and oxygen atoms in total. The monoisotopic (exact) mass is 303 g/mol. The summed E-state index contributed by atoms with van der Waals surface area (Å²) < 4.78 is 32.5. The van der Waals surface area contributed by atoms with Crippen molar-refractivity contribution in [1.29, 1.82) is 0 Å². The van der Waals surface area contributed by atoms with Crippen molar-refractivity contribution in [2.45, 2.75) is 13.3 Å². The molecule has 19 heavy (non-hydrogen) atoms. The van der Waals surface area contributed by atoms with Crippen molar-refractivity contribution in [2.24, 2.45) is 0 Å². The second kappa shape index (κ2) is 8.91. The first-order chi connectivity index (χ1) is 8.41. The number of nitrogens with zero attached hydrogens (tertiary/aromatic N) is 1. The van der Waals surface area contributed by atoms with Gasteiger partial charge in [-0.15, -0.1) is 0 Å². The molecule has 0 unspecified atom stereocenters. The van der Waals surface area contributed by atoms with Crippen LogP contribution < -0.4 is 0 Å². The van der Waals surface area contributed by atoms with Gasteiger partial charge in [0.05, 0.1) is 19.0 Å². The van der Waals surface area contributed by atoms with Crippen LogP contribution in [0.25, 0.3) is 0 Å². The Hall–Kier alpha value is -0.154. The molecule has 1 saturated heterocycles. The zero-order valence-corrected chi connectivity index (χ0v) is 13.5. The van der Waals surface area contributed by atoms with Crippen LogP contribution in [0.3, 0.4) is 0 Å². The van der Waals surface area contributed by atoms with Gasteiger partial charge in [-0.3, -0.25) is 4.90 Å². The molecule has 1 rings (SSSR count). The Bertz CT molecular complexity index is 413. The van der Waals surface area contributed by atoms with Gasteiger partial charge in [0.1, 0.15) is 0 Å². The number of morpholine rings is 1. The number of rotatable bonds is 6. The van der Waals surface area contributed by atoms with Gasteiger partial charge >= 0.3 is 39.1 Å². The minimum Gasteiger partial charge on any atom is -1.00 e. The summed E-state index contributed by atoms with van der Waals surface area (Å²) in [6.45, 7) is 8.38. The minimum absolute atomic E-state index is 0.